The van der Waals surface area contributed by atoms with Gasteiger partial charge < -0.3 is 11.1 Å². The summed E-state index contributed by atoms with van der Waals surface area (Å²) in [6, 6.07) is 0.275. The van der Waals surface area contributed by atoms with Crippen molar-refractivity contribution in [1.29, 1.82) is 0 Å². The summed E-state index contributed by atoms with van der Waals surface area (Å²) in [7, 11) is 1.65. The molecule has 0 spiro atoms. The summed E-state index contributed by atoms with van der Waals surface area (Å²) < 4.78 is 0. The Morgan fingerprint density at radius 2 is 2.23 bits per heavy atom. The van der Waals surface area contributed by atoms with Crippen molar-refractivity contribution in [2.75, 3.05) is 26.7 Å². The highest BCUT2D eigenvalue weighted by Gasteiger charge is 2.13. The predicted octanol–water partition coefficient (Wildman–Crippen LogP) is -0.208. The first-order chi connectivity index (χ1) is 6.15. The number of carbonyl (C=O) groups excluding carboxylic acids is 1. The highest BCUT2D eigenvalue weighted by Crippen LogP contribution is 1.98. The van der Waals surface area contributed by atoms with Crippen molar-refractivity contribution in [3.63, 3.8) is 0 Å². The molecule has 1 amide bonds. The molecule has 0 aromatic rings. The maximum atomic E-state index is 11.1. The van der Waals surface area contributed by atoms with E-state index in [2.05, 4.69) is 17.1 Å². The van der Waals surface area contributed by atoms with Crippen LogP contribution < -0.4 is 11.1 Å². The third-order valence-electron chi connectivity index (χ3n) is 2.10. The summed E-state index contributed by atoms with van der Waals surface area (Å²) in [5.41, 5.74) is 5.55. The van der Waals surface area contributed by atoms with E-state index in [0.717, 1.165) is 13.0 Å². The van der Waals surface area contributed by atoms with E-state index in [-0.39, 0.29) is 11.9 Å². The van der Waals surface area contributed by atoms with Gasteiger partial charge in [-0.05, 0) is 19.9 Å². The zero-order chi connectivity index (χ0) is 10.3. The Morgan fingerprint density at radius 3 is 2.62 bits per heavy atom. The second-order valence-electron chi connectivity index (χ2n) is 3.23. The van der Waals surface area contributed by atoms with Crippen LogP contribution in [0.5, 0.6) is 0 Å². The van der Waals surface area contributed by atoms with Crippen LogP contribution in [0.2, 0.25) is 0 Å². The van der Waals surface area contributed by atoms with Crippen molar-refractivity contribution in [2.24, 2.45) is 5.73 Å². The average Bonchev–Trinajstić information content (AvgIpc) is 2.15. The largest absolute Gasteiger partial charge is 0.358 e. The summed E-state index contributed by atoms with van der Waals surface area (Å²) in [6.07, 6.45) is 1.04. The first-order valence-electron chi connectivity index (χ1n) is 4.80. The number of nitrogens with zero attached hydrogens (tertiary/aromatic N) is 1. The van der Waals surface area contributed by atoms with Gasteiger partial charge in [-0.15, -0.1) is 0 Å². The van der Waals surface area contributed by atoms with Crippen molar-refractivity contribution in [2.45, 2.75) is 26.3 Å². The Balaban J connectivity index is 4.00. The Morgan fingerprint density at radius 1 is 1.62 bits per heavy atom. The molecule has 0 aromatic carbocycles. The fourth-order valence-corrected chi connectivity index (χ4v) is 1.16. The number of nitrogens with two attached hydrogens (primary N) is 1. The van der Waals surface area contributed by atoms with Gasteiger partial charge in [-0.2, -0.15) is 0 Å². The first kappa shape index (κ1) is 12.4. The summed E-state index contributed by atoms with van der Waals surface area (Å²) >= 11 is 0. The molecule has 1 atom stereocenters. The van der Waals surface area contributed by atoms with E-state index in [1.54, 1.807) is 7.05 Å². The number of amides is 1. The van der Waals surface area contributed by atoms with Crippen molar-refractivity contribution < 1.29 is 4.79 Å². The van der Waals surface area contributed by atoms with Crippen molar-refractivity contribution in [3.05, 3.63) is 0 Å². The van der Waals surface area contributed by atoms with Gasteiger partial charge in [0.05, 0.1) is 6.54 Å². The summed E-state index contributed by atoms with van der Waals surface area (Å²) in [5.74, 6) is 0.0498. The van der Waals surface area contributed by atoms with Gasteiger partial charge in [-0.25, -0.2) is 0 Å². The highest BCUT2D eigenvalue weighted by atomic mass is 16.1. The van der Waals surface area contributed by atoms with E-state index in [1.165, 1.54) is 0 Å². The fourth-order valence-electron chi connectivity index (χ4n) is 1.16. The monoisotopic (exact) mass is 187 g/mol. The molecule has 4 heteroatoms. The molecule has 0 saturated carbocycles. The van der Waals surface area contributed by atoms with Gasteiger partial charge in [-0.3, -0.25) is 9.69 Å². The van der Waals surface area contributed by atoms with Crippen molar-refractivity contribution in [3.8, 4) is 0 Å². The zero-order valence-electron chi connectivity index (χ0n) is 8.84. The van der Waals surface area contributed by atoms with Crippen LogP contribution >= 0.6 is 0 Å². The minimum absolute atomic E-state index is 0.0498. The minimum atomic E-state index is 0.0498. The molecule has 0 aromatic heterocycles. The molecule has 78 valence electrons. The van der Waals surface area contributed by atoms with Gasteiger partial charge in [0.25, 0.3) is 0 Å². The molecule has 0 saturated heterocycles. The second kappa shape index (κ2) is 6.86. The molecule has 0 rings (SSSR count). The maximum Gasteiger partial charge on any atom is 0.233 e. The van der Waals surface area contributed by atoms with Crippen LogP contribution in [-0.2, 0) is 4.79 Å². The quantitative estimate of drug-likeness (QED) is 0.605. The van der Waals surface area contributed by atoms with Crippen LogP contribution in [0.25, 0.3) is 0 Å². The summed E-state index contributed by atoms with van der Waals surface area (Å²) in [5, 5.41) is 2.61. The van der Waals surface area contributed by atoms with Crippen LogP contribution in [0.15, 0.2) is 0 Å². The number of hydrogen-bond acceptors (Lipinski definition) is 3. The molecule has 1 unspecified atom stereocenters. The molecular weight excluding hydrogens is 166 g/mol. The van der Waals surface area contributed by atoms with E-state index in [4.69, 9.17) is 5.73 Å². The fraction of sp³-hybridized carbons (Fsp3) is 0.889. The third kappa shape index (κ3) is 4.85. The third-order valence-corrected chi connectivity index (χ3v) is 2.10. The molecule has 3 N–H and O–H groups in total. The normalized spacial score (nSPS) is 13.0. The number of nitrogens with one attached hydrogen (secondary N) is 1. The Hall–Kier alpha value is -0.610. The van der Waals surface area contributed by atoms with E-state index < -0.39 is 0 Å². The lowest BCUT2D eigenvalue weighted by Gasteiger charge is -2.26. The first-order valence-corrected chi connectivity index (χ1v) is 4.80. The van der Waals surface area contributed by atoms with Crippen LogP contribution in [-0.4, -0.2) is 43.5 Å². The van der Waals surface area contributed by atoms with Gasteiger partial charge >= 0.3 is 0 Å². The van der Waals surface area contributed by atoms with Gasteiger partial charge in [0.15, 0.2) is 0 Å². The SMILES string of the molecule is CCCN(CC(=O)NC)C(C)CN. The molecule has 4 nitrogen and oxygen atoms in total. The molecule has 0 aliphatic rings. The smallest absolute Gasteiger partial charge is 0.233 e. The van der Waals surface area contributed by atoms with Crippen molar-refractivity contribution >= 4 is 5.91 Å². The van der Waals surface area contributed by atoms with Crippen LogP contribution in [0.1, 0.15) is 20.3 Å². The molecule has 0 fully saturated rings. The van der Waals surface area contributed by atoms with Gasteiger partial charge in [-0.1, -0.05) is 6.92 Å². The van der Waals surface area contributed by atoms with Gasteiger partial charge in [0.1, 0.15) is 0 Å². The average molecular weight is 187 g/mol. The van der Waals surface area contributed by atoms with Crippen LogP contribution in [0.4, 0.5) is 0 Å². The standard InChI is InChI=1S/C9H21N3O/c1-4-5-12(8(2)6-10)7-9(13)11-3/h8H,4-7,10H2,1-3H3,(H,11,13). The molecule has 0 aliphatic heterocycles. The molecule has 0 bridgehead atoms. The van der Waals surface area contributed by atoms with Gasteiger partial charge in [0, 0.05) is 19.6 Å². The highest BCUT2D eigenvalue weighted by molar-refractivity contribution is 5.77. The Bertz CT molecular complexity index is 150. The molecule has 13 heavy (non-hydrogen) atoms. The minimum Gasteiger partial charge on any atom is -0.358 e. The molecule has 0 aliphatic carbocycles. The summed E-state index contributed by atoms with van der Waals surface area (Å²) in [4.78, 5) is 13.2. The lowest BCUT2D eigenvalue weighted by Crippen LogP contribution is -2.44. The van der Waals surface area contributed by atoms with Gasteiger partial charge in [0.2, 0.25) is 5.91 Å². The van der Waals surface area contributed by atoms with E-state index in [9.17, 15) is 4.79 Å². The molecule has 0 radical (unpaired) electrons. The number of hydrogen-bond donors (Lipinski definition) is 2. The summed E-state index contributed by atoms with van der Waals surface area (Å²) in [6.45, 7) is 6.10. The molecular formula is C9H21N3O. The Labute approximate surface area is 80.5 Å². The number of rotatable bonds is 6. The Kier molecular flexibility index (Phi) is 6.54. The lowest BCUT2D eigenvalue weighted by molar-refractivity contribution is -0.122. The number of carbonyl (C=O) groups is 1. The molecule has 0 heterocycles. The topological polar surface area (TPSA) is 58.4 Å². The van der Waals surface area contributed by atoms with E-state index in [0.29, 0.717) is 13.1 Å². The predicted molar refractivity (Wildman–Crippen MR) is 54.4 cm³/mol. The van der Waals surface area contributed by atoms with Crippen LogP contribution in [0, 0.1) is 0 Å². The van der Waals surface area contributed by atoms with Crippen LogP contribution in [0.3, 0.4) is 0 Å². The maximum absolute atomic E-state index is 11.1. The zero-order valence-corrected chi connectivity index (χ0v) is 8.84. The van der Waals surface area contributed by atoms with E-state index in [1.807, 2.05) is 6.92 Å². The van der Waals surface area contributed by atoms with Crippen molar-refractivity contribution in [1.82, 2.24) is 10.2 Å². The second-order valence-corrected chi connectivity index (χ2v) is 3.23. The number of likely N-dealkylation sites (N-methyl/N-ethyl adjacent to an activating group) is 1. The van der Waals surface area contributed by atoms with E-state index >= 15 is 0 Å². The lowest BCUT2D eigenvalue weighted by atomic mass is 10.2.